The maximum absolute atomic E-state index is 13.4. The molecule has 0 atom stereocenters. The number of ether oxygens (including phenoxy) is 1. The minimum atomic E-state index is -0.171. The largest absolute Gasteiger partial charge is 0.497 e. The lowest BCUT2D eigenvalue weighted by atomic mass is 9.99. The molecule has 1 aromatic heterocycles. The Morgan fingerprint density at radius 2 is 1.96 bits per heavy atom. The lowest BCUT2D eigenvalue weighted by Gasteiger charge is -2.30. The van der Waals surface area contributed by atoms with E-state index in [9.17, 15) is 4.39 Å². The van der Waals surface area contributed by atoms with Crippen LogP contribution in [0.5, 0.6) is 5.75 Å². The van der Waals surface area contributed by atoms with Crippen LogP contribution in [-0.4, -0.2) is 23.6 Å². The van der Waals surface area contributed by atoms with Gasteiger partial charge in [-0.3, -0.25) is 0 Å². The van der Waals surface area contributed by atoms with Gasteiger partial charge in [0.25, 0.3) is 0 Å². The van der Waals surface area contributed by atoms with Crippen LogP contribution >= 0.6 is 0 Å². The maximum Gasteiger partial charge on any atom is 0.140 e. The van der Waals surface area contributed by atoms with E-state index in [0.717, 1.165) is 58.9 Å². The predicted molar refractivity (Wildman–Crippen MR) is 92.0 cm³/mol. The highest BCUT2D eigenvalue weighted by atomic mass is 19.1. The fourth-order valence-corrected chi connectivity index (χ4v) is 3.27. The molecule has 0 bridgehead atoms. The first kappa shape index (κ1) is 14.9. The van der Waals surface area contributed by atoms with Crippen LogP contribution < -0.4 is 9.64 Å². The maximum atomic E-state index is 13.4. The lowest BCUT2D eigenvalue weighted by Crippen LogP contribution is -2.31. The summed E-state index contributed by atoms with van der Waals surface area (Å²) in [5, 5.41) is 0.977. The quantitative estimate of drug-likeness (QED) is 0.721. The Bertz CT molecular complexity index is 926. The Morgan fingerprint density at radius 3 is 2.79 bits per heavy atom. The first-order valence-electron chi connectivity index (χ1n) is 7.99. The summed E-state index contributed by atoms with van der Waals surface area (Å²) < 4.78 is 18.8. The predicted octanol–water partition coefficient (Wildman–Crippen LogP) is 3.65. The number of benzene rings is 2. The second-order valence-corrected chi connectivity index (χ2v) is 6.06. The number of hydrogen-bond acceptors (Lipinski definition) is 4. The molecule has 4 nitrogen and oxygen atoms in total. The number of aromatic nitrogens is 2. The summed E-state index contributed by atoms with van der Waals surface area (Å²) >= 11 is 0. The van der Waals surface area contributed by atoms with Crippen molar-refractivity contribution in [3.63, 3.8) is 0 Å². The van der Waals surface area contributed by atoms with Crippen LogP contribution in [0.3, 0.4) is 0 Å². The number of aryl methyl sites for hydroxylation is 1. The topological polar surface area (TPSA) is 38.3 Å². The Kier molecular flexibility index (Phi) is 3.56. The second-order valence-electron chi connectivity index (χ2n) is 6.06. The first-order valence-corrected chi connectivity index (χ1v) is 7.99. The fourth-order valence-electron chi connectivity index (χ4n) is 3.27. The fraction of sp³-hybridized carbons (Fsp3) is 0.263. The highest BCUT2D eigenvalue weighted by molar-refractivity contribution is 5.90. The van der Waals surface area contributed by atoms with E-state index in [1.165, 1.54) is 6.07 Å². The standard InChI is InChI=1S/C19H18FN3O/c1-12-21-18-6-5-16(24-2)10-17(18)19(22-12)23-8-7-13-9-15(20)4-3-14(13)11-23/h3-6,9-10H,7-8,11H2,1-2H3. The van der Waals surface area contributed by atoms with E-state index in [4.69, 9.17) is 4.74 Å². The van der Waals surface area contributed by atoms with Crippen molar-refractivity contribution in [2.75, 3.05) is 18.6 Å². The molecule has 2 aromatic carbocycles. The number of methoxy groups -OCH3 is 1. The van der Waals surface area contributed by atoms with Gasteiger partial charge in [0.15, 0.2) is 0 Å². The molecule has 0 amide bonds. The molecule has 0 N–H and O–H groups in total. The van der Waals surface area contributed by atoms with Crippen molar-refractivity contribution in [1.29, 1.82) is 0 Å². The third kappa shape index (κ3) is 2.56. The van der Waals surface area contributed by atoms with Crippen LogP contribution in [-0.2, 0) is 13.0 Å². The monoisotopic (exact) mass is 323 g/mol. The molecule has 5 heteroatoms. The van der Waals surface area contributed by atoms with Crippen molar-refractivity contribution >= 4 is 16.7 Å². The Labute approximate surface area is 139 Å². The van der Waals surface area contributed by atoms with Gasteiger partial charge >= 0.3 is 0 Å². The van der Waals surface area contributed by atoms with Gasteiger partial charge in [0.2, 0.25) is 0 Å². The highest BCUT2D eigenvalue weighted by Gasteiger charge is 2.20. The van der Waals surface area contributed by atoms with E-state index >= 15 is 0 Å². The van der Waals surface area contributed by atoms with Crippen LogP contribution in [0.25, 0.3) is 10.9 Å². The van der Waals surface area contributed by atoms with Crippen LogP contribution in [0.2, 0.25) is 0 Å². The Balaban J connectivity index is 1.80. The molecule has 24 heavy (non-hydrogen) atoms. The normalized spacial score (nSPS) is 13.9. The summed E-state index contributed by atoms with van der Waals surface area (Å²) in [6, 6.07) is 10.9. The smallest absolute Gasteiger partial charge is 0.140 e. The summed E-state index contributed by atoms with van der Waals surface area (Å²) in [5.74, 6) is 2.27. The zero-order valence-corrected chi connectivity index (χ0v) is 13.7. The van der Waals surface area contributed by atoms with E-state index in [2.05, 4.69) is 14.9 Å². The van der Waals surface area contributed by atoms with Gasteiger partial charge in [-0.15, -0.1) is 0 Å². The minimum Gasteiger partial charge on any atom is -0.497 e. The molecule has 122 valence electrons. The lowest BCUT2D eigenvalue weighted by molar-refractivity contribution is 0.415. The van der Waals surface area contributed by atoms with Gasteiger partial charge in [-0.2, -0.15) is 0 Å². The average molecular weight is 323 g/mol. The van der Waals surface area contributed by atoms with Crippen LogP contribution in [0.1, 0.15) is 17.0 Å². The molecule has 0 saturated heterocycles. The molecule has 0 saturated carbocycles. The van der Waals surface area contributed by atoms with Gasteiger partial charge in [-0.05, 0) is 54.8 Å². The molecule has 2 heterocycles. The molecule has 1 aliphatic heterocycles. The van der Waals surface area contributed by atoms with Gasteiger partial charge in [0.1, 0.15) is 23.2 Å². The molecule has 0 unspecified atom stereocenters. The number of nitrogens with zero attached hydrogens (tertiary/aromatic N) is 3. The van der Waals surface area contributed by atoms with E-state index in [0.29, 0.717) is 0 Å². The van der Waals surface area contributed by atoms with Gasteiger partial charge in [-0.1, -0.05) is 6.07 Å². The van der Waals surface area contributed by atoms with E-state index in [1.54, 1.807) is 13.2 Å². The summed E-state index contributed by atoms with van der Waals surface area (Å²) in [7, 11) is 1.65. The van der Waals surface area contributed by atoms with Crippen molar-refractivity contribution < 1.29 is 9.13 Å². The van der Waals surface area contributed by atoms with Crippen LogP contribution in [0.15, 0.2) is 36.4 Å². The van der Waals surface area contributed by atoms with Crippen molar-refractivity contribution in [2.24, 2.45) is 0 Å². The van der Waals surface area contributed by atoms with Gasteiger partial charge in [-0.25, -0.2) is 14.4 Å². The van der Waals surface area contributed by atoms with Crippen molar-refractivity contribution in [3.8, 4) is 5.75 Å². The molecule has 0 radical (unpaired) electrons. The van der Waals surface area contributed by atoms with Gasteiger partial charge in [0, 0.05) is 18.5 Å². The third-order valence-corrected chi connectivity index (χ3v) is 4.47. The van der Waals surface area contributed by atoms with Gasteiger partial charge in [0.05, 0.1) is 12.6 Å². The SMILES string of the molecule is COc1ccc2nc(C)nc(N3CCc4cc(F)ccc4C3)c2c1. The number of halogens is 1. The van der Waals surface area contributed by atoms with E-state index < -0.39 is 0 Å². The minimum absolute atomic E-state index is 0.171. The summed E-state index contributed by atoms with van der Waals surface area (Å²) in [6.45, 7) is 3.43. The van der Waals surface area contributed by atoms with Crippen molar-refractivity contribution in [1.82, 2.24) is 9.97 Å². The van der Waals surface area contributed by atoms with E-state index in [-0.39, 0.29) is 5.82 Å². The number of hydrogen-bond donors (Lipinski definition) is 0. The Morgan fingerprint density at radius 1 is 1.08 bits per heavy atom. The summed E-state index contributed by atoms with van der Waals surface area (Å²) in [5.41, 5.74) is 3.14. The molecule has 3 aromatic rings. The van der Waals surface area contributed by atoms with Crippen LogP contribution in [0, 0.1) is 12.7 Å². The number of fused-ring (bicyclic) bond motifs is 2. The molecular weight excluding hydrogens is 305 g/mol. The van der Waals surface area contributed by atoms with Crippen LogP contribution in [0.4, 0.5) is 10.2 Å². The molecule has 0 fully saturated rings. The third-order valence-electron chi connectivity index (χ3n) is 4.47. The molecule has 0 spiro atoms. The first-order chi connectivity index (χ1) is 11.6. The van der Waals surface area contributed by atoms with Gasteiger partial charge < -0.3 is 9.64 Å². The molecule has 4 rings (SSSR count). The molecular formula is C19H18FN3O. The molecule has 0 aliphatic carbocycles. The molecule has 1 aliphatic rings. The number of rotatable bonds is 2. The summed E-state index contributed by atoms with van der Waals surface area (Å²) in [4.78, 5) is 11.4. The van der Waals surface area contributed by atoms with E-state index in [1.807, 2.05) is 31.2 Å². The second kappa shape index (κ2) is 5.74. The summed E-state index contributed by atoms with van der Waals surface area (Å²) in [6.07, 6.45) is 0.807. The zero-order valence-electron chi connectivity index (χ0n) is 13.7. The van der Waals surface area contributed by atoms with Crippen molar-refractivity contribution in [3.05, 3.63) is 59.2 Å². The number of anilines is 1. The average Bonchev–Trinajstić information content (AvgIpc) is 2.60. The zero-order chi connectivity index (χ0) is 16.7. The Hall–Kier alpha value is -2.69. The highest BCUT2D eigenvalue weighted by Crippen LogP contribution is 2.31. The van der Waals surface area contributed by atoms with Crippen molar-refractivity contribution in [2.45, 2.75) is 19.9 Å².